The number of nitrogens with zero attached hydrogens (tertiary/aromatic N) is 1. The Balaban J connectivity index is 2.36. The van der Waals surface area contributed by atoms with E-state index in [-0.39, 0.29) is 5.97 Å². The first-order valence-corrected chi connectivity index (χ1v) is 5.95. The Morgan fingerprint density at radius 3 is 2.56 bits per heavy atom. The van der Waals surface area contributed by atoms with Gasteiger partial charge in [0.05, 0.1) is 0 Å². The highest BCUT2D eigenvalue weighted by atomic mass is 16.6. The SMILES string of the molecule is Cc1ccc2cc(C(=O)OC(C)(C)C)ncc2c1. The van der Waals surface area contributed by atoms with Gasteiger partial charge >= 0.3 is 5.97 Å². The first kappa shape index (κ1) is 12.6. The normalized spacial score (nSPS) is 11.6. The third-order valence-corrected chi connectivity index (χ3v) is 2.49. The van der Waals surface area contributed by atoms with Crippen molar-refractivity contribution >= 4 is 16.7 Å². The van der Waals surface area contributed by atoms with Crippen molar-refractivity contribution in [3.8, 4) is 0 Å². The molecule has 0 amide bonds. The summed E-state index contributed by atoms with van der Waals surface area (Å²) in [6, 6.07) is 7.81. The van der Waals surface area contributed by atoms with Crippen LogP contribution in [0.5, 0.6) is 0 Å². The molecule has 18 heavy (non-hydrogen) atoms. The second kappa shape index (κ2) is 4.41. The first-order valence-electron chi connectivity index (χ1n) is 5.95. The summed E-state index contributed by atoms with van der Waals surface area (Å²) in [7, 11) is 0. The number of esters is 1. The molecule has 94 valence electrons. The highest BCUT2D eigenvalue weighted by molar-refractivity contribution is 5.93. The predicted molar refractivity (Wildman–Crippen MR) is 71.6 cm³/mol. The molecule has 2 rings (SSSR count). The van der Waals surface area contributed by atoms with Crippen molar-refractivity contribution in [3.63, 3.8) is 0 Å². The van der Waals surface area contributed by atoms with Gasteiger partial charge in [-0.1, -0.05) is 17.7 Å². The number of aryl methyl sites for hydroxylation is 1. The molecule has 1 aromatic carbocycles. The van der Waals surface area contributed by atoms with Gasteiger partial charge in [0.1, 0.15) is 11.3 Å². The van der Waals surface area contributed by atoms with E-state index in [1.807, 2.05) is 45.9 Å². The van der Waals surface area contributed by atoms with Crippen molar-refractivity contribution < 1.29 is 9.53 Å². The second-order valence-corrected chi connectivity index (χ2v) is 5.42. The van der Waals surface area contributed by atoms with Crippen LogP contribution in [0.3, 0.4) is 0 Å². The summed E-state index contributed by atoms with van der Waals surface area (Å²) >= 11 is 0. The molecule has 0 saturated heterocycles. The number of ether oxygens (including phenoxy) is 1. The summed E-state index contributed by atoms with van der Waals surface area (Å²) in [4.78, 5) is 16.0. The third kappa shape index (κ3) is 2.86. The van der Waals surface area contributed by atoms with E-state index in [0.717, 1.165) is 10.8 Å². The fraction of sp³-hybridized carbons (Fsp3) is 0.333. The minimum Gasteiger partial charge on any atom is -0.455 e. The molecular formula is C15H17NO2. The minimum absolute atomic E-state index is 0.348. The Labute approximate surface area is 107 Å². The van der Waals surface area contributed by atoms with Crippen molar-refractivity contribution in [2.75, 3.05) is 0 Å². The van der Waals surface area contributed by atoms with E-state index in [1.165, 1.54) is 5.56 Å². The van der Waals surface area contributed by atoms with Crippen molar-refractivity contribution in [3.05, 3.63) is 41.7 Å². The highest BCUT2D eigenvalue weighted by Crippen LogP contribution is 2.17. The van der Waals surface area contributed by atoms with Gasteiger partial charge in [0.25, 0.3) is 0 Å². The van der Waals surface area contributed by atoms with Crippen LogP contribution in [0.2, 0.25) is 0 Å². The molecule has 1 heterocycles. The number of benzene rings is 1. The summed E-state index contributed by atoms with van der Waals surface area (Å²) in [5, 5.41) is 2.03. The average molecular weight is 243 g/mol. The number of aromatic nitrogens is 1. The minimum atomic E-state index is -0.499. The third-order valence-electron chi connectivity index (χ3n) is 2.49. The monoisotopic (exact) mass is 243 g/mol. The second-order valence-electron chi connectivity index (χ2n) is 5.42. The van der Waals surface area contributed by atoms with Crippen molar-refractivity contribution in [2.24, 2.45) is 0 Å². The van der Waals surface area contributed by atoms with E-state index in [9.17, 15) is 4.79 Å². The fourth-order valence-corrected chi connectivity index (χ4v) is 1.70. The van der Waals surface area contributed by atoms with Crippen LogP contribution in [-0.4, -0.2) is 16.6 Å². The summed E-state index contributed by atoms with van der Waals surface area (Å²) in [5.74, 6) is -0.384. The van der Waals surface area contributed by atoms with E-state index in [1.54, 1.807) is 12.3 Å². The van der Waals surface area contributed by atoms with Crippen LogP contribution in [0.4, 0.5) is 0 Å². The van der Waals surface area contributed by atoms with Gasteiger partial charge in [-0.3, -0.25) is 0 Å². The van der Waals surface area contributed by atoms with Gasteiger partial charge in [-0.15, -0.1) is 0 Å². The Hall–Kier alpha value is -1.90. The van der Waals surface area contributed by atoms with E-state index in [2.05, 4.69) is 4.98 Å². The Bertz CT molecular complexity index is 597. The molecule has 0 bridgehead atoms. The molecule has 0 fully saturated rings. The molecule has 0 radical (unpaired) electrons. The van der Waals surface area contributed by atoms with Crippen LogP contribution in [0.15, 0.2) is 30.5 Å². The highest BCUT2D eigenvalue weighted by Gasteiger charge is 2.18. The van der Waals surface area contributed by atoms with E-state index >= 15 is 0 Å². The van der Waals surface area contributed by atoms with Crippen LogP contribution in [0.1, 0.15) is 36.8 Å². The molecule has 0 spiro atoms. The Kier molecular flexibility index (Phi) is 3.07. The molecule has 0 N–H and O–H groups in total. The van der Waals surface area contributed by atoms with Crippen LogP contribution in [0, 0.1) is 6.92 Å². The molecule has 1 aromatic heterocycles. The molecule has 2 aromatic rings. The lowest BCUT2D eigenvalue weighted by Crippen LogP contribution is -2.24. The zero-order valence-electron chi connectivity index (χ0n) is 11.2. The Morgan fingerprint density at radius 2 is 1.89 bits per heavy atom. The van der Waals surface area contributed by atoms with E-state index in [4.69, 9.17) is 4.74 Å². The molecule has 3 nitrogen and oxygen atoms in total. The summed E-state index contributed by atoms with van der Waals surface area (Å²) < 4.78 is 5.29. The quantitative estimate of drug-likeness (QED) is 0.719. The molecule has 0 aliphatic rings. The number of fused-ring (bicyclic) bond motifs is 1. The van der Waals surface area contributed by atoms with Gasteiger partial charge in [0.2, 0.25) is 0 Å². The van der Waals surface area contributed by atoms with E-state index < -0.39 is 5.60 Å². The summed E-state index contributed by atoms with van der Waals surface area (Å²) in [6.07, 6.45) is 1.71. The standard InChI is InChI=1S/C15H17NO2/c1-10-5-6-11-8-13(16-9-12(11)7-10)14(17)18-15(2,3)4/h5-9H,1-4H3. The van der Waals surface area contributed by atoms with Crippen molar-refractivity contribution in [2.45, 2.75) is 33.3 Å². The van der Waals surface area contributed by atoms with Crippen LogP contribution >= 0.6 is 0 Å². The molecule has 0 aliphatic carbocycles. The predicted octanol–water partition coefficient (Wildman–Crippen LogP) is 3.50. The first-order chi connectivity index (χ1) is 8.35. The maximum absolute atomic E-state index is 11.9. The van der Waals surface area contributed by atoms with Gasteiger partial charge in [-0.2, -0.15) is 0 Å². The zero-order valence-corrected chi connectivity index (χ0v) is 11.2. The number of hydrogen-bond donors (Lipinski definition) is 0. The molecule has 0 atom stereocenters. The fourth-order valence-electron chi connectivity index (χ4n) is 1.70. The largest absolute Gasteiger partial charge is 0.455 e. The number of rotatable bonds is 1. The van der Waals surface area contributed by atoms with Gasteiger partial charge in [0, 0.05) is 11.6 Å². The maximum atomic E-state index is 11.9. The number of pyridine rings is 1. The lowest BCUT2D eigenvalue weighted by Gasteiger charge is -2.19. The van der Waals surface area contributed by atoms with Gasteiger partial charge < -0.3 is 4.74 Å². The van der Waals surface area contributed by atoms with Crippen LogP contribution in [0.25, 0.3) is 10.8 Å². The molecule has 0 aliphatic heterocycles. The number of hydrogen-bond acceptors (Lipinski definition) is 3. The Morgan fingerprint density at radius 1 is 1.17 bits per heavy atom. The van der Waals surface area contributed by atoms with Crippen LogP contribution in [-0.2, 0) is 4.74 Å². The molecule has 0 saturated carbocycles. The summed E-state index contributed by atoms with van der Waals surface area (Å²) in [5.41, 5.74) is 1.02. The lowest BCUT2D eigenvalue weighted by atomic mass is 10.1. The van der Waals surface area contributed by atoms with Gasteiger partial charge in [-0.25, -0.2) is 9.78 Å². The van der Waals surface area contributed by atoms with Crippen molar-refractivity contribution in [1.29, 1.82) is 0 Å². The lowest BCUT2D eigenvalue weighted by molar-refractivity contribution is 0.00631. The zero-order chi connectivity index (χ0) is 13.3. The molecular weight excluding hydrogens is 226 g/mol. The maximum Gasteiger partial charge on any atom is 0.357 e. The van der Waals surface area contributed by atoms with Gasteiger partial charge in [0.15, 0.2) is 0 Å². The molecule has 0 unspecified atom stereocenters. The van der Waals surface area contributed by atoms with Crippen molar-refractivity contribution in [1.82, 2.24) is 4.98 Å². The number of carbonyl (C=O) groups excluding carboxylic acids is 1. The number of carbonyl (C=O) groups is 1. The van der Waals surface area contributed by atoms with E-state index in [0.29, 0.717) is 5.69 Å². The molecule has 3 heteroatoms. The van der Waals surface area contributed by atoms with Crippen LogP contribution < -0.4 is 0 Å². The topological polar surface area (TPSA) is 39.2 Å². The average Bonchev–Trinajstić information content (AvgIpc) is 2.26. The smallest absolute Gasteiger partial charge is 0.357 e. The van der Waals surface area contributed by atoms with Gasteiger partial charge in [-0.05, 0) is 45.2 Å². The summed E-state index contributed by atoms with van der Waals surface area (Å²) in [6.45, 7) is 7.56.